The van der Waals surface area contributed by atoms with Gasteiger partial charge in [0.1, 0.15) is 60.0 Å². The molecule has 19 amide bonds. The molecular formula is C83H121N18O33PS2. The first-order valence-corrected chi connectivity index (χ1v) is 48.8. The molecule has 1 aromatic heterocycles. The molecule has 6 heterocycles. The number of carbonyl (C=O) groups is 22. The number of hydrogen-bond donors (Lipinski definition) is 20. The topological polar surface area (TPSA) is 742 Å². The molecule has 3 saturated heterocycles. The lowest BCUT2D eigenvalue weighted by Gasteiger charge is -2.31. The van der Waals surface area contributed by atoms with E-state index < -0.39 is 282 Å². The predicted octanol–water partition coefficient (Wildman–Crippen LogP) is -5.06. The number of carbonyl (C=O) groups excluding carboxylic acids is 20. The number of unbranched alkanes of at least 4 members (excludes halogenated alkanes) is 1. The molecule has 3 fully saturated rings. The number of phosphoric acid groups is 1. The van der Waals surface area contributed by atoms with Crippen molar-refractivity contribution in [1.82, 2.24) is 89.0 Å². The number of carboxylic acid groups (broad SMARTS) is 2. The minimum absolute atomic E-state index is 0.0251. The summed E-state index contributed by atoms with van der Waals surface area (Å²) in [7, 11) is -8.40. The van der Waals surface area contributed by atoms with Gasteiger partial charge < -0.3 is 118 Å². The second-order valence-electron chi connectivity index (χ2n) is 33.2. The molecule has 1 aromatic carbocycles. The summed E-state index contributed by atoms with van der Waals surface area (Å²) in [5.41, 5.74) is -1.04. The van der Waals surface area contributed by atoms with Gasteiger partial charge in [0.2, 0.25) is 100 Å². The van der Waals surface area contributed by atoms with E-state index in [4.69, 9.17) is 18.8 Å². The number of nitrogens with zero attached hydrogens (tertiary/aromatic N) is 3. The number of benzene rings is 1. The molecule has 7 rings (SSSR count). The maximum atomic E-state index is 15.4. The standard InChI is InChI=1S/C83H121N18O33PS2/c1-6-44(3)72-78(121)89-39-64(108)93-56-43-137(130)80-49(35-54(75(118)88-40-65(109)97-72)94-79(122)73(45(4)7-2)98-77(120)57-33-47(103)41-100(57)81(123)55(37-70(114)115)95-76(56)119)48-34-53(58(36-52(48)96-80)134-135(127,128)129)92-62(106)16-10-25-87-74(117)50(91-63(107)17-12-32-136-59-38-69(113)99(82(59)124)28-11-18-71(116)133-101-67(111)21-22-68(101)112)15-8-9-24-86-66(110)42-132-30-14-27-85-61(105)23-31-131-29-13-26-84-60(104)20-19-51(83(125)126)90-46(5)102/h34,36,44-45,47,50-51,54-57,59,72-73,96,103H,6-33,35,37-43H2,1-5H3,(H,84,104)(H,85,105)(H,86,110)(H,87,117)(H,88,118)(H,89,121)(H,90,102)(H,91,107)(H,92,106)(H,93,108)(H,94,122)(H,95,119)(H,97,109)(H,98,120)(H,114,115)(H,125,126)(H2,127,128,129)/t44?,45?,47-,50+,51+,54+,55+,56+,57+,59?,72+,73+,137?/m1/s1. The number of aromatic nitrogens is 1. The number of H-pyrrole nitrogens is 1. The number of amides is 19. The Kier molecular flexibility index (Phi) is 45.1. The summed E-state index contributed by atoms with van der Waals surface area (Å²) < 4.78 is 44.3. The Bertz CT molecular complexity index is 4850. The van der Waals surface area contributed by atoms with Gasteiger partial charge in [-0.25, -0.2) is 14.2 Å². The first kappa shape index (κ1) is 112. The van der Waals surface area contributed by atoms with Crippen molar-refractivity contribution in [2.24, 2.45) is 11.8 Å². The van der Waals surface area contributed by atoms with Crippen LogP contribution < -0.4 is 79.0 Å². The van der Waals surface area contributed by atoms with Crippen molar-refractivity contribution in [3.63, 3.8) is 0 Å². The van der Waals surface area contributed by atoms with Crippen molar-refractivity contribution >= 4 is 177 Å². The summed E-state index contributed by atoms with van der Waals surface area (Å²) in [6, 6.07) is -11.2. The largest absolute Gasteiger partial charge is 0.524 e. The van der Waals surface area contributed by atoms with Crippen LogP contribution in [0, 0.1) is 11.8 Å². The maximum absolute atomic E-state index is 15.4. The monoisotopic (exact) mass is 1990 g/mol. The Balaban J connectivity index is 1.05. The minimum atomic E-state index is -5.64. The van der Waals surface area contributed by atoms with Crippen LogP contribution in [0.5, 0.6) is 5.75 Å². The van der Waals surface area contributed by atoms with E-state index in [1.807, 2.05) is 0 Å². The molecule has 0 radical (unpaired) electrons. The number of ether oxygens (including phenoxy) is 2. The van der Waals surface area contributed by atoms with Gasteiger partial charge in [-0.15, -0.1) is 16.8 Å². The Morgan fingerprint density at radius 1 is 0.606 bits per heavy atom. The van der Waals surface area contributed by atoms with Gasteiger partial charge in [0.25, 0.3) is 11.8 Å². The van der Waals surface area contributed by atoms with E-state index in [1.54, 1.807) is 20.8 Å². The van der Waals surface area contributed by atoms with Gasteiger partial charge >= 0.3 is 25.7 Å². The Morgan fingerprint density at radius 2 is 1.23 bits per heavy atom. The van der Waals surface area contributed by atoms with Crippen LogP contribution >= 0.6 is 19.6 Å². The van der Waals surface area contributed by atoms with E-state index in [-0.39, 0.29) is 190 Å². The highest BCUT2D eigenvalue weighted by atomic mass is 32.2. The van der Waals surface area contributed by atoms with Gasteiger partial charge in [-0.2, -0.15) is 0 Å². The molecule has 13 atom stereocenters. The van der Waals surface area contributed by atoms with Crippen LogP contribution in [-0.4, -0.2) is 329 Å². The van der Waals surface area contributed by atoms with Crippen molar-refractivity contribution in [1.29, 1.82) is 0 Å². The summed E-state index contributed by atoms with van der Waals surface area (Å²) in [4.78, 5) is 322. The molecule has 758 valence electrons. The zero-order chi connectivity index (χ0) is 101. The first-order valence-electron chi connectivity index (χ1n) is 44.9. The Hall–Kier alpha value is -12.2. The van der Waals surface area contributed by atoms with Gasteiger partial charge in [-0.1, -0.05) is 40.5 Å². The third-order valence-electron chi connectivity index (χ3n) is 22.4. The molecule has 4 unspecified atom stereocenters. The van der Waals surface area contributed by atoms with Crippen molar-refractivity contribution in [3.8, 4) is 5.75 Å². The van der Waals surface area contributed by atoms with Crippen LogP contribution in [0.1, 0.15) is 175 Å². The SMILES string of the molecule is CCC(C)[C@@H]1NC(=O)CNC(=O)[C@@H]2Cc3c([nH]c4cc(OP(=O)(O)O)c(NC(=O)CCCNC(=O)[C@H](CCCCNC(=O)COCCCNC(=O)CCOCCCNC(=O)CC[C@H](NC(C)=O)C(=O)O)NC(=O)CCCSC5CC(=O)N(CCCC(=O)ON6C(=O)CCC6=O)C5=O)cc34)S(=O)C[C@H](NC(=O)CNC1=O)C(=O)N[C@@H](CC(=O)O)C(=O)N1C[C@H](O)C[C@H]1C(=O)N[C@@H](C(C)CC)C(=O)N2. The molecule has 0 aliphatic carbocycles. The molecule has 51 nitrogen and oxygen atoms in total. The number of thioether (sulfide) groups is 1. The third kappa shape index (κ3) is 36.7. The highest BCUT2D eigenvalue weighted by molar-refractivity contribution is 8.00. The number of nitrogens with one attached hydrogen (secondary N) is 15. The minimum Gasteiger partial charge on any atom is -0.481 e. The smallest absolute Gasteiger partial charge is 0.481 e. The van der Waals surface area contributed by atoms with Crippen LogP contribution in [0.4, 0.5) is 5.69 Å². The van der Waals surface area contributed by atoms with Crippen molar-refractivity contribution in [2.45, 2.75) is 241 Å². The predicted molar refractivity (Wildman–Crippen MR) is 478 cm³/mol. The van der Waals surface area contributed by atoms with E-state index in [2.05, 4.69) is 79.4 Å². The number of rotatable bonds is 48. The van der Waals surface area contributed by atoms with Gasteiger partial charge in [-0.05, 0) is 87.0 Å². The van der Waals surface area contributed by atoms with Crippen molar-refractivity contribution < 1.29 is 158 Å². The summed E-state index contributed by atoms with van der Waals surface area (Å²) in [5.74, 6) is -22.5. The normalized spacial score (nSPS) is 21.3. The van der Waals surface area contributed by atoms with Crippen molar-refractivity contribution in [3.05, 3.63) is 17.7 Å². The Labute approximate surface area is 792 Å². The average molecular weight is 1990 g/mol. The van der Waals surface area contributed by atoms with Crippen LogP contribution in [-0.2, 0) is 142 Å². The number of imide groups is 2. The number of aliphatic carboxylic acids is 2. The molecule has 5 aliphatic rings. The lowest BCUT2D eigenvalue weighted by molar-refractivity contribution is -0.197. The van der Waals surface area contributed by atoms with Gasteiger partial charge in [0.05, 0.1) is 65.2 Å². The molecule has 137 heavy (non-hydrogen) atoms. The molecule has 2 aromatic rings. The second-order valence-corrected chi connectivity index (χ2v) is 37.1. The molecule has 2 bridgehead atoms. The molecule has 20 N–H and O–H groups in total. The number of anilines is 1. The van der Waals surface area contributed by atoms with Crippen LogP contribution in [0.15, 0.2) is 17.2 Å². The zero-order valence-corrected chi connectivity index (χ0v) is 78.8. The summed E-state index contributed by atoms with van der Waals surface area (Å²) >= 11 is 1.09. The number of phosphoric ester groups is 1. The fraction of sp³-hybridized carbons (Fsp3) is 0.639. The molecule has 0 saturated carbocycles. The maximum Gasteiger partial charge on any atom is 0.524 e. The Morgan fingerprint density at radius 3 is 1.89 bits per heavy atom. The van der Waals surface area contributed by atoms with E-state index in [1.165, 1.54) is 6.92 Å². The van der Waals surface area contributed by atoms with E-state index in [0.29, 0.717) is 17.9 Å². The van der Waals surface area contributed by atoms with E-state index in [0.717, 1.165) is 40.6 Å². The number of hydroxylamine groups is 2. The third-order valence-corrected chi connectivity index (χ3v) is 25.6. The fourth-order valence-electron chi connectivity index (χ4n) is 14.8. The quantitative estimate of drug-likeness (QED) is 0.0167. The number of fused-ring (bicyclic) bond motifs is 5. The lowest BCUT2D eigenvalue weighted by Crippen LogP contribution is -2.61. The van der Waals surface area contributed by atoms with Crippen LogP contribution in [0.3, 0.4) is 0 Å². The van der Waals surface area contributed by atoms with Crippen LogP contribution in [0.25, 0.3) is 10.9 Å². The van der Waals surface area contributed by atoms with Gasteiger partial charge in [-0.3, -0.25) is 115 Å². The van der Waals surface area contributed by atoms with Gasteiger partial charge in [0, 0.05) is 135 Å². The summed E-state index contributed by atoms with van der Waals surface area (Å²) in [6.45, 7) is 5.23. The highest BCUT2D eigenvalue weighted by Crippen LogP contribution is 2.44. The number of aliphatic hydroxyl groups excluding tert-OH is 1. The molecule has 0 spiro atoms. The zero-order valence-electron chi connectivity index (χ0n) is 76.3. The number of carboxylic acids is 2. The number of hydrogen-bond acceptors (Lipinski definition) is 30. The van der Waals surface area contributed by atoms with Gasteiger partial charge in [0.15, 0.2) is 5.75 Å². The first-order chi connectivity index (χ1) is 64.9. The van der Waals surface area contributed by atoms with Crippen molar-refractivity contribution in [2.75, 3.05) is 95.6 Å². The molecule has 54 heteroatoms. The highest BCUT2D eigenvalue weighted by Gasteiger charge is 2.46. The van der Waals surface area contributed by atoms with E-state index >= 15 is 9.00 Å². The summed E-state index contributed by atoms with van der Waals surface area (Å²) in [5, 5.41) is 64.3. The second kappa shape index (κ2) is 55.3. The average Bonchev–Trinajstić information content (AvgIpc) is 1.62. The number of likely N-dealkylation sites (tertiary alicyclic amines) is 1. The number of aromatic amines is 1. The summed E-state index contributed by atoms with van der Waals surface area (Å²) in [6.07, 6.45) is -4.08. The number of aliphatic hydroxyl groups is 1. The lowest BCUT2D eigenvalue weighted by atomic mass is 9.96. The van der Waals surface area contributed by atoms with E-state index in [9.17, 15) is 130 Å². The molecule has 5 aliphatic heterocycles. The molecular weight excluding hydrogens is 1870 g/mol. The van der Waals surface area contributed by atoms with Crippen LogP contribution in [0.2, 0.25) is 0 Å². The fourth-order valence-corrected chi connectivity index (χ4v) is 17.8.